The van der Waals surface area contributed by atoms with Crippen LogP contribution in [0.15, 0.2) is 70.4 Å². The Bertz CT molecular complexity index is 967. The first-order chi connectivity index (χ1) is 13.3. The van der Waals surface area contributed by atoms with Crippen LogP contribution < -0.4 is 5.32 Å². The predicted molar refractivity (Wildman–Crippen MR) is 115 cm³/mol. The minimum absolute atomic E-state index is 0.759. The summed E-state index contributed by atoms with van der Waals surface area (Å²) in [5.41, 5.74) is 3.63. The van der Waals surface area contributed by atoms with Crippen molar-refractivity contribution in [2.75, 3.05) is 5.32 Å². The van der Waals surface area contributed by atoms with Crippen LogP contribution in [0.3, 0.4) is 0 Å². The molecule has 4 rings (SSSR count). The molecule has 0 fully saturated rings. The molecule has 0 amide bonds. The fourth-order valence-corrected chi connectivity index (χ4v) is 5.09. The summed E-state index contributed by atoms with van der Waals surface area (Å²) in [6.45, 7) is 0.759. The Labute approximate surface area is 170 Å². The first-order valence-electron chi connectivity index (χ1n) is 8.56. The van der Waals surface area contributed by atoms with Gasteiger partial charge >= 0.3 is 0 Å². The lowest BCUT2D eigenvalue weighted by Gasteiger charge is -2.00. The largest absolute Gasteiger partial charge is 0.356 e. The van der Waals surface area contributed by atoms with Crippen molar-refractivity contribution >= 4 is 39.6 Å². The average Bonchev–Trinajstić information content (AvgIpc) is 3.36. The normalized spacial score (nSPS) is 10.8. The molecule has 0 bridgehead atoms. The highest BCUT2D eigenvalue weighted by Gasteiger charge is 2.08. The maximum atomic E-state index is 4.74. The maximum absolute atomic E-state index is 4.74. The zero-order valence-electron chi connectivity index (χ0n) is 14.5. The Balaban J connectivity index is 1.27. The number of benzene rings is 2. The summed E-state index contributed by atoms with van der Waals surface area (Å²) in [4.78, 5) is 4.74. The number of hydrogen-bond acceptors (Lipinski definition) is 7. The number of anilines is 1. The van der Waals surface area contributed by atoms with Crippen LogP contribution in [0, 0.1) is 0 Å². The summed E-state index contributed by atoms with van der Waals surface area (Å²) in [5.74, 6) is 0.818. The van der Waals surface area contributed by atoms with Crippen molar-refractivity contribution < 1.29 is 0 Å². The SMILES string of the molecule is c1ccc(CNc2nnc(SCc3csc(Cc4ccccc4)n3)s2)cc1. The lowest BCUT2D eigenvalue weighted by atomic mass is 10.2. The Kier molecular flexibility index (Phi) is 6.13. The molecule has 7 heteroatoms. The van der Waals surface area contributed by atoms with Gasteiger partial charge in [0.25, 0.3) is 0 Å². The lowest BCUT2D eigenvalue weighted by molar-refractivity contribution is 0.994. The van der Waals surface area contributed by atoms with Crippen LogP contribution in [0.1, 0.15) is 21.8 Å². The number of rotatable bonds is 8. The van der Waals surface area contributed by atoms with Crippen LogP contribution in [-0.2, 0) is 18.7 Å². The molecule has 2 aromatic carbocycles. The second-order valence-corrected chi connectivity index (χ2v) is 9.04. The summed E-state index contributed by atoms with van der Waals surface area (Å²) in [6.07, 6.45) is 0.891. The van der Waals surface area contributed by atoms with Gasteiger partial charge in [-0.25, -0.2) is 4.98 Å². The molecular weight excluding hydrogens is 392 g/mol. The second kappa shape index (κ2) is 9.12. The van der Waals surface area contributed by atoms with Gasteiger partial charge in [-0.1, -0.05) is 83.8 Å². The third-order valence-electron chi connectivity index (χ3n) is 3.83. The van der Waals surface area contributed by atoms with Gasteiger partial charge < -0.3 is 5.32 Å². The third kappa shape index (κ3) is 5.38. The molecule has 0 aliphatic rings. The number of nitrogens with zero attached hydrogens (tertiary/aromatic N) is 3. The van der Waals surface area contributed by atoms with Crippen LogP contribution in [0.2, 0.25) is 0 Å². The van der Waals surface area contributed by atoms with Crippen LogP contribution in [0.5, 0.6) is 0 Å². The maximum Gasteiger partial charge on any atom is 0.206 e. The molecule has 0 atom stereocenters. The van der Waals surface area contributed by atoms with Gasteiger partial charge in [0.1, 0.15) is 0 Å². The monoisotopic (exact) mass is 410 g/mol. The molecule has 1 N–H and O–H groups in total. The molecule has 0 unspecified atom stereocenters. The average molecular weight is 411 g/mol. The van der Waals surface area contributed by atoms with E-state index in [1.807, 2.05) is 24.3 Å². The fourth-order valence-electron chi connectivity index (χ4n) is 2.52. The summed E-state index contributed by atoms with van der Waals surface area (Å²) in [6, 6.07) is 20.7. The first-order valence-corrected chi connectivity index (χ1v) is 11.2. The van der Waals surface area contributed by atoms with Gasteiger partial charge in [0.15, 0.2) is 4.34 Å². The smallest absolute Gasteiger partial charge is 0.206 e. The van der Waals surface area contributed by atoms with Crippen molar-refractivity contribution in [1.82, 2.24) is 15.2 Å². The van der Waals surface area contributed by atoms with Gasteiger partial charge in [-0.05, 0) is 11.1 Å². The molecule has 0 saturated carbocycles. The van der Waals surface area contributed by atoms with E-state index in [1.54, 1.807) is 34.4 Å². The topological polar surface area (TPSA) is 50.7 Å². The molecule has 2 aromatic heterocycles. The molecule has 136 valence electrons. The van der Waals surface area contributed by atoms with E-state index in [9.17, 15) is 0 Å². The second-order valence-electron chi connectivity index (χ2n) is 5.90. The Hall–Kier alpha value is -2.22. The number of aromatic nitrogens is 3. The van der Waals surface area contributed by atoms with Gasteiger partial charge in [0.05, 0.1) is 10.7 Å². The number of hydrogen-bond donors (Lipinski definition) is 1. The molecule has 0 spiro atoms. The molecule has 2 heterocycles. The van der Waals surface area contributed by atoms with Crippen molar-refractivity contribution in [3.8, 4) is 0 Å². The van der Waals surface area contributed by atoms with Crippen molar-refractivity contribution in [2.45, 2.75) is 23.1 Å². The van der Waals surface area contributed by atoms with Gasteiger partial charge in [-0.15, -0.1) is 21.5 Å². The van der Waals surface area contributed by atoms with E-state index in [1.165, 1.54) is 11.1 Å². The van der Waals surface area contributed by atoms with E-state index in [-0.39, 0.29) is 0 Å². The molecule has 0 aliphatic carbocycles. The minimum atomic E-state index is 0.759. The zero-order valence-corrected chi connectivity index (χ0v) is 17.0. The van der Waals surface area contributed by atoms with E-state index in [0.29, 0.717) is 0 Å². The Morgan fingerprint density at radius 1 is 0.889 bits per heavy atom. The first kappa shape index (κ1) is 18.2. The molecule has 4 aromatic rings. The fraction of sp³-hybridized carbons (Fsp3) is 0.150. The summed E-state index contributed by atoms with van der Waals surface area (Å²) in [7, 11) is 0. The quantitative estimate of drug-likeness (QED) is 0.389. The van der Waals surface area contributed by atoms with Crippen LogP contribution in [-0.4, -0.2) is 15.2 Å². The highest BCUT2D eigenvalue weighted by molar-refractivity contribution is 8.00. The predicted octanol–water partition coefficient (Wildman–Crippen LogP) is 5.49. The highest BCUT2D eigenvalue weighted by Crippen LogP contribution is 2.29. The highest BCUT2D eigenvalue weighted by atomic mass is 32.2. The van der Waals surface area contributed by atoms with Gasteiger partial charge in [0.2, 0.25) is 5.13 Å². The van der Waals surface area contributed by atoms with E-state index >= 15 is 0 Å². The van der Waals surface area contributed by atoms with Crippen LogP contribution in [0.4, 0.5) is 5.13 Å². The van der Waals surface area contributed by atoms with Crippen LogP contribution in [0.25, 0.3) is 0 Å². The number of nitrogens with one attached hydrogen (secondary N) is 1. The van der Waals surface area contributed by atoms with Gasteiger partial charge in [0, 0.05) is 24.1 Å². The summed E-state index contributed by atoms with van der Waals surface area (Å²) >= 11 is 4.99. The summed E-state index contributed by atoms with van der Waals surface area (Å²) in [5, 5.41) is 16.0. The van der Waals surface area contributed by atoms with E-state index in [2.05, 4.69) is 57.3 Å². The van der Waals surface area contributed by atoms with E-state index < -0.39 is 0 Å². The van der Waals surface area contributed by atoms with Crippen LogP contribution >= 0.6 is 34.4 Å². The Morgan fingerprint density at radius 2 is 1.63 bits per heavy atom. The Morgan fingerprint density at radius 3 is 2.41 bits per heavy atom. The molecule has 0 radical (unpaired) electrons. The van der Waals surface area contributed by atoms with E-state index in [4.69, 9.17) is 4.98 Å². The lowest BCUT2D eigenvalue weighted by Crippen LogP contribution is -1.98. The molecule has 0 aliphatic heterocycles. The molecule has 4 nitrogen and oxygen atoms in total. The van der Waals surface area contributed by atoms with Gasteiger partial charge in [-0.2, -0.15) is 0 Å². The van der Waals surface area contributed by atoms with Crippen molar-refractivity contribution in [1.29, 1.82) is 0 Å². The third-order valence-corrected chi connectivity index (χ3v) is 6.78. The zero-order chi connectivity index (χ0) is 18.3. The molecule has 0 saturated heterocycles. The number of thioether (sulfide) groups is 1. The van der Waals surface area contributed by atoms with Gasteiger partial charge in [-0.3, -0.25) is 0 Å². The van der Waals surface area contributed by atoms with Crippen molar-refractivity contribution in [3.63, 3.8) is 0 Å². The van der Waals surface area contributed by atoms with Crippen molar-refractivity contribution in [2.24, 2.45) is 0 Å². The van der Waals surface area contributed by atoms with E-state index in [0.717, 1.165) is 38.9 Å². The standard InChI is InChI=1S/C20H18N4S3/c1-3-7-15(8-4-1)11-18-22-17(13-25-18)14-26-20-24-23-19(27-20)21-12-16-9-5-2-6-10-16/h1-10,13H,11-12,14H2,(H,21,23). The number of thiazole rings is 1. The molecule has 27 heavy (non-hydrogen) atoms. The summed E-state index contributed by atoms with van der Waals surface area (Å²) < 4.78 is 0.961. The molecular formula is C20H18N4S3. The minimum Gasteiger partial charge on any atom is -0.356 e. The van der Waals surface area contributed by atoms with Crippen molar-refractivity contribution in [3.05, 3.63) is 87.9 Å².